The molecule has 0 unspecified atom stereocenters. The van der Waals surface area contributed by atoms with Gasteiger partial charge in [0.05, 0.1) is 0 Å². The molecule has 1 aliphatic heterocycles. The van der Waals surface area contributed by atoms with E-state index in [0.717, 1.165) is 38.8 Å². The Labute approximate surface area is 133 Å². The van der Waals surface area contributed by atoms with Crippen LogP contribution < -0.4 is 5.32 Å². The van der Waals surface area contributed by atoms with Crippen molar-refractivity contribution in [1.82, 2.24) is 15.0 Å². The number of rotatable bonds is 0. The van der Waals surface area contributed by atoms with Crippen molar-refractivity contribution in [2.45, 2.75) is 6.42 Å². The summed E-state index contributed by atoms with van der Waals surface area (Å²) in [7, 11) is 0. The zero-order chi connectivity index (χ0) is 13.9. The van der Waals surface area contributed by atoms with Gasteiger partial charge < -0.3 is 10.3 Å². The molecule has 4 nitrogen and oxygen atoms in total. The first-order chi connectivity index (χ1) is 9.72. The fourth-order valence-electron chi connectivity index (χ4n) is 2.06. The van der Waals surface area contributed by atoms with Gasteiger partial charge in [0, 0.05) is 39.5 Å². The number of halogens is 2. The van der Waals surface area contributed by atoms with Crippen molar-refractivity contribution in [3.05, 3.63) is 51.3 Å². The van der Waals surface area contributed by atoms with E-state index in [1.165, 1.54) is 5.56 Å². The van der Waals surface area contributed by atoms with Crippen LogP contribution in [0.2, 0.25) is 0 Å². The van der Waals surface area contributed by atoms with Crippen LogP contribution in [0.3, 0.4) is 0 Å². The molecule has 3 aromatic heterocycles. The number of anilines is 1. The van der Waals surface area contributed by atoms with Crippen molar-refractivity contribution in [1.29, 1.82) is 0 Å². The lowest BCUT2D eigenvalue weighted by atomic mass is 10.2. The van der Waals surface area contributed by atoms with Crippen molar-refractivity contribution in [2.75, 3.05) is 11.9 Å². The Morgan fingerprint density at radius 1 is 1.05 bits per heavy atom. The van der Waals surface area contributed by atoms with E-state index in [9.17, 15) is 0 Å². The lowest BCUT2D eigenvalue weighted by Crippen LogP contribution is -1.92. The van der Waals surface area contributed by atoms with Crippen LogP contribution in [0.15, 0.2) is 45.7 Å². The standard InChI is InChI=1S/C7H7BrN2.C7H5BrN2/c2*8-6-3-5-1-2-9-7(5)10-4-6/h3-4H,1-2H2,(H,9,10);1-4H,(H,9,10). The molecule has 0 radical (unpaired) electrons. The number of fused-ring (bicyclic) bond motifs is 2. The van der Waals surface area contributed by atoms with E-state index >= 15 is 0 Å². The third kappa shape index (κ3) is 3.02. The Kier molecular flexibility index (Phi) is 4.03. The zero-order valence-corrected chi connectivity index (χ0v) is 13.7. The van der Waals surface area contributed by atoms with Gasteiger partial charge in [-0.3, -0.25) is 0 Å². The highest BCUT2D eigenvalue weighted by atomic mass is 79.9. The van der Waals surface area contributed by atoms with Crippen molar-refractivity contribution in [3.8, 4) is 0 Å². The minimum absolute atomic E-state index is 0.934. The van der Waals surface area contributed by atoms with Crippen LogP contribution >= 0.6 is 31.9 Å². The Morgan fingerprint density at radius 2 is 1.85 bits per heavy atom. The molecule has 0 saturated carbocycles. The number of pyridine rings is 2. The van der Waals surface area contributed by atoms with Gasteiger partial charge in [0.2, 0.25) is 0 Å². The van der Waals surface area contributed by atoms with E-state index in [1.54, 1.807) is 6.20 Å². The van der Waals surface area contributed by atoms with E-state index in [-0.39, 0.29) is 0 Å². The number of hydrogen-bond donors (Lipinski definition) is 2. The topological polar surface area (TPSA) is 53.6 Å². The Bertz CT molecular complexity index is 739. The van der Waals surface area contributed by atoms with Crippen molar-refractivity contribution < 1.29 is 0 Å². The van der Waals surface area contributed by atoms with Crippen LogP contribution in [0, 0.1) is 0 Å². The molecule has 0 amide bonds. The lowest BCUT2D eigenvalue weighted by Gasteiger charge is -1.96. The fourth-order valence-corrected chi connectivity index (χ4v) is 2.79. The summed E-state index contributed by atoms with van der Waals surface area (Å²) in [6.45, 7) is 1.03. The SMILES string of the molecule is Brc1cnc2[nH]ccc2c1.Brc1cnc2c(c1)CCN2. The molecular formula is C14H12Br2N4. The fraction of sp³-hybridized carbons (Fsp3) is 0.143. The largest absolute Gasteiger partial charge is 0.370 e. The average molecular weight is 396 g/mol. The summed E-state index contributed by atoms with van der Waals surface area (Å²) in [6.07, 6.45) is 6.57. The van der Waals surface area contributed by atoms with Gasteiger partial charge in [-0.1, -0.05) is 0 Å². The molecule has 0 spiro atoms. The van der Waals surface area contributed by atoms with Gasteiger partial charge in [0.15, 0.2) is 0 Å². The van der Waals surface area contributed by atoms with Crippen LogP contribution in [0.1, 0.15) is 5.56 Å². The third-order valence-electron chi connectivity index (χ3n) is 2.99. The minimum Gasteiger partial charge on any atom is -0.370 e. The summed E-state index contributed by atoms with van der Waals surface area (Å²) in [5.41, 5.74) is 2.25. The molecule has 0 aliphatic carbocycles. The predicted molar refractivity (Wildman–Crippen MR) is 87.9 cm³/mol. The number of aromatic amines is 1. The van der Waals surface area contributed by atoms with Crippen LogP contribution in [-0.2, 0) is 6.42 Å². The zero-order valence-electron chi connectivity index (χ0n) is 10.5. The molecule has 20 heavy (non-hydrogen) atoms. The van der Waals surface area contributed by atoms with Gasteiger partial charge in [0.1, 0.15) is 11.5 Å². The highest BCUT2D eigenvalue weighted by Gasteiger charge is 2.09. The second-order valence-corrected chi connectivity index (χ2v) is 6.24. The molecule has 102 valence electrons. The summed E-state index contributed by atoms with van der Waals surface area (Å²) in [6, 6.07) is 6.13. The van der Waals surface area contributed by atoms with Crippen LogP contribution in [0.5, 0.6) is 0 Å². The van der Waals surface area contributed by atoms with Crippen LogP contribution in [0.25, 0.3) is 11.0 Å². The maximum absolute atomic E-state index is 4.20. The maximum atomic E-state index is 4.20. The summed E-state index contributed by atoms with van der Waals surface area (Å²) in [5.74, 6) is 1.04. The van der Waals surface area contributed by atoms with E-state index < -0.39 is 0 Å². The van der Waals surface area contributed by atoms with Gasteiger partial charge in [-0.15, -0.1) is 0 Å². The molecule has 4 rings (SSSR count). The Morgan fingerprint density at radius 3 is 2.75 bits per heavy atom. The third-order valence-corrected chi connectivity index (χ3v) is 3.85. The van der Waals surface area contributed by atoms with E-state index in [0.29, 0.717) is 0 Å². The maximum Gasteiger partial charge on any atom is 0.137 e. The molecule has 0 fully saturated rings. The molecule has 4 heterocycles. The Hall–Kier alpha value is -1.40. The quantitative estimate of drug-likeness (QED) is 0.601. The first-order valence-corrected chi connectivity index (χ1v) is 7.78. The monoisotopic (exact) mass is 394 g/mol. The van der Waals surface area contributed by atoms with Crippen molar-refractivity contribution in [3.63, 3.8) is 0 Å². The van der Waals surface area contributed by atoms with Gasteiger partial charge in [-0.05, 0) is 62.0 Å². The molecule has 6 heteroatoms. The van der Waals surface area contributed by atoms with Crippen molar-refractivity contribution in [2.24, 2.45) is 0 Å². The van der Waals surface area contributed by atoms with E-state index in [4.69, 9.17) is 0 Å². The second kappa shape index (κ2) is 5.93. The Balaban J connectivity index is 0.000000121. The molecule has 3 aromatic rings. The molecule has 0 aromatic carbocycles. The first kappa shape index (κ1) is 13.6. The van der Waals surface area contributed by atoms with Gasteiger partial charge >= 0.3 is 0 Å². The summed E-state index contributed by atoms with van der Waals surface area (Å²) in [5, 5.41) is 4.33. The first-order valence-electron chi connectivity index (χ1n) is 6.19. The van der Waals surface area contributed by atoms with Crippen molar-refractivity contribution >= 4 is 48.7 Å². The molecule has 2 N–H and O–H groups in total. The van der Waals surface area contributed by atoms with E-state index in [2.05, 4.69) is 58.2 Å². The average Bonchev–Trinajstić information content (AvgIpc) is 3.06. The summed E-state index contributed by atoms with van der Waals surface area (Å²) >= 11 is 6.72. The molecule has 1 aliphatic rings. The number of H-pyrrole nitrogens is 1. The predicted octanol–water partition coefficient (Wildman–Crippen LogP) is 4.14. The number of nitrogens with one attached hydrogen (secondary N) is 2. The highest BCUT2D eigenvalue weighted by molar-refractivity contribution is 9.10. The van der Waals surface area contributed by atoms with E-state index in [1.807, 2.05) is 24.5 Å². The summed E-state index contributed by atoms with van der Waals surface area (Å²) in [4.78, 5) is 11.4. The normalized spacial score (nSPS) is 12.5. The molecule has 0 bridgehead atoms. The number of nitrogens with zero attached hydrogens (tertiary/aromatic N) is 2. The number of hydrogen-bond acceptors (Lipinski definition) is 3. The number of aromatic nitrogens is 3. The molecule has 0 saturated heterocycles. The second-order valence-electron chi connectivity index (χ2n) is 4.41. The minimum atomic E-state index is 0.934. The molecular weight excluding hydrogens is 384 g/mol. The van der Waals surface area contributed by atoms with Gasteiger partial charge in [0.25, 0.3) is 0 Å². The van der Waals surface area contributed by atoms with Crippen LogP contribution in [-0.4, -0.2) is 21.5 Å². The van der Waals surface area contributed by atoms with Gasteiger partial charge in [-0.2, -0.15) is 0 Å². The smallest absolute Gasteiger partial charge is 0.137 e. The highest BCUT2D eigenvalue weighted by Crippen LogP contribution is 2.22. The lowest BCUT2D eigenvalue weighted by molar-refractivity contribution is 1.10. The molecule has 0 atom stereocenters. The van der Waals surface area contributed by atoms with Gasteiger partial charge in [-0.25, -0.2) is 9.97 Å². The summed E-state index contributed by atoms with van der Waals surface area (Å²) < 4.78 is 2.08. The van der Waals surface area contributed by atoms with Crippen LogP contribution in [0.4, 0.5) is 5.82 Å².